The van der Waals surface area contributed by atoms with E-state index in [9.17, 15) is 5.11 Å². The van der Waals surface area contributed by atoms with Crippen molar-refractivity contribution in [3.8, 4) is 20.9 Å². The van der Waals surface area contributed by atoms with Gasteiger partial charge >= 0.3 is 0 Å². The van der Waals surface area contributed by atoms with Crippen LogP contribution in [0.2, 0.25) is 0 Å². The third-order valence-electron chi connectivity index (χ3n) is 3.29. The van der Waals surface area contributed by atoms with Crippen LogP contribution in [0.1, 0.15) is 4.88 Å². The highest BCUT2D eigenvalue weighted by Gasteiger charge is 2.14. The van der Waals surface area contributed by atoms with Crippen molar-refractivity contribution >= 4 is 53.2 Å². The molecule has 3 aromatic heterocycles. The Labute approximate surface area is 155 Å². The van der Waals surface area contributed by atoms with E-state index in [0.29, 0.717) is 0 Å². The van der Waals surface area contributed by atoms with Crippen molar-refractivity contribution < 1.29 is 10.2 Å². The minimum absolute atomic E-state index is 0.0798. The molecule has 0 unspecified atom stereocenters. The molecule has 0 spiro atoms. The predicted molar refractivity (Wildman–Crippen MR) is 106 cm³/mol. The van der Waals surface area contributed by atoms with Crippen LogP contribution in [0.3, 0.4) is 0 Å². The van der Waals surface area contributed by atoms with Crippen LogP contribution in [-0.4, -0.2) is 35.9 Å². The van der Waals surface area contributed by atoms with Gasteiger partial charge in [-0.25, -0.2) is 0 Å². The summed E-state index contributed by atoms with van der Waals surface area (Å²) >= 11 is 4.55. The van der Waals surface area contributed by atoms with Gasteiger partial charge in [0.1, 0.15) is 18.8 Å². The van der Waals surface area contributed by atoms with E-state index >= 15 is 0 Å². The second-order valence-electron chi connectivity index (χ2n) is 4.71. The summed E-state index contributed by atoms with van der Waals surface area (Å²) < 4.78 is 21.4. The van der Waals surface area contributed by atoms with Crippen LogP contribution in [0.4, 0.5) is 0 Å². The Balaban J connectivity index is 0.000000349. The third kappa shape index (κ3) is 3.43. The third-order valence-corrected chi connectivity index (χ3v) is 5.82. The fourth-order valence-electron chi connectivity index (χ4n) is 2.30. The number of nitrogens with zero attached hydrogens (tertiary/aromatic N) is 2. The lowest BCUT2D eigenvalue weighted by Gasteiger charge is -2.03. The van der Waals surface area contributed by atoms with E-state index in [1.807, 2.05) is 18.2 Å². The molecule has 3 heterocycles. The SMILES string of the molecule is OCc1ccc(-c2ccc(-c3cccs3)c3nsnc23)s1.[3H]B([3H])CO. The number of rotatable bonds is 4. The van der Waals surface area contributed by atoms with Crippen molar-refractivity contribution in [2.75, 3.05) is 6.51 Å². The molecule has 0 amide bonds. The topological polar surface area (TPSA) is 66.2 Å². The van der Waals surface area contributed by atoms with E-state index in [0.717, 1.165) is 31.9 Å². The molecule has 0 saturated heterocycles. The number of thiophene rings is 2. The van der Waals surface area contributed by atoms with E-state index < -0.39 is 7.77 Å². The van der Waals surface area contributed by atoms with Gasteiger partial charge in [0, 0.05) is 32.3 Å². The Morgan fingerprint density at radius 2 is 1.71 bits per heavy atom. The molecule has 122 valence electrons. The fourth-order valence-corrected chi connectivity index (χ4v) is 4.52. The molecule has 2 N–H and O–H groups in total. The highest BCUT2D eigenvalue weighted by molar-refractivity contribution is 7.15. The summed E-state index contributed by atoms with van der Waals surface area (Å²) in [5, 5.41) is 19.1. The van der Waals surface area contributed by atoms with Gasteiger partial charge in [0.05, 0.1) is 18.3 Å². The van der Waals surface area contributed by atoms with Crippen LogP contribution >= 0.6 is 34.4 Å². The molecule has 1 aromatic carbocycles. The van der Waals surface area contributed by atoms with Gasteiger partial charge in [-0.3, -0.25) is 0 Å². The summed E-state index contributed by atoms with van der Waals surface area (Å²) in [5.41, 5.74) is 4.12. The fraction of sp³-hybridized carbons (Fsp3) is 0.125. The summed E-state index contributed by atoms with van der Waals surface area (Å²) in [6.07, 6.45) is 0. The minimum Gasteiger partial charge on any atom is -0.405 e. The molecule has 0 radical (unpaired) electrons. The van der Waals surface area contributed by atoms with Crippen molar-refractivity contribution in [2.45, 2.75) is 6.61 Å². The van der Waals surface area contributed by atoms with Crippen molar-refractivity contribution in [3.05, 3.63) is 46.7 Å². The molecule has 8 heteroatoms. The number of hydrogen-bond acceptors (Lipinski definition) is 7. The van der Waals surface area contributed by atoms with Gasteiger partial charge in [-0.2, -0.15) is 8.75 Å². The number of fused-ring (bicyclic) bond motifs is 1. The molecule has 0 saturated carbocycles. The Hall–Kier alpha value is -1.58. The number of benzene rings is 1. The Bertz CT molecular complexity index is 973. The summed E-state index contributed by atoms with van der Waals surface area (Å²) in [6.45, 7) is -0.281. The van der Waals surface area contributed by atoms with Crippen molar-refractivity contribution in [1.82, 2.24) is 8.75 Å². The van der Waals surface area contributed by atoms with Crippen LogP contribution in [0, 0.1) is 0 Å². The first-order chi connectivity index (χ1) is 12.6. The lowest BCUT2D eigenvalue weighted by Crippen LogP contribution is -1.81. The Kier molecular flexibility index (Phi) is 4.91. The van der Waals surface area contributed by atoms with Gasteiger partial charge in [0.15, 0.2) is 0 Å². The molecule has 4 rings (SSSR count). The highest BCUT2D eigenvalue weighted by atomic mass is 32.1. The molecule has 0 aliphatic carbocycles. The largest absolute Gasteiger partial charge is 0.405 e. The van der Waals surface area contributed by atoms with Crippen LogP contribution in [-0.2, 0) is 6.61 Å². The molecule has 0 bridgehead atoms. The van der Waals surface area contributed by atoms with Gasteiger partial charge in [-0.15, -0.1) is 22.7 Å². The smallest absolute Gasteiger partial charge is 0.134 e. The molecular formula is C16H15BN2O2S3. The van der Waals surface area contributed by atoms with E-state index in [2.05, 4.69) is 32.3 Å². The van der Waals surface area contributed by atoms with Gasteiger partial charge in [0.2, 0.25) is 0 Å². The van der Waals surface area contributed by atoms with Gasteiger partial charge in [0.25, 0.3) is 0 Å². The maximum absolute atomic E-state index is 9.23. The zero-order chi connectivity index (χ0) is 18.5. The molecule has 4 nitrogen and oxygen atoms in total. The van der Waals surface area contributed by atoms with E-state index in [1.54, 1.807) is 22.7 Å². The lowest BCUT2D eigenvalue weighted by atomic mass is 10.1. The Morgan fingerprint density at radius 1 is 1.00 bits per heavy atom. The van der Waals surface area contributed by atoms with Crippen LogP contribution in [0.25, 0.3) is 31.9 Å². The lowest BCUT2D eigenvalue weighted by molar-refractivity contribution is 0.285. The summed E-state index contributed by atoms with van der Waals surface area (Å²) in [7, 11) is -1.06. The second kappa shape index (κ2) is 8.00. The van der Waals surface area contributed by atoms with Crippen LogP contribution < -0.4 is 0 Å². The number of aromatic nitrogens is 2. The maximum atomic E-state index is 9.23. The molecule has 0 aliphatic heterocycles. The van der Waals surface area contributed by atoms with Crippen molar-refractivity contribution in [3.63, 3.8) is 0 Å². The average Bonchev–Trinajstić information content (AvgIpc) is 3.42. The number of aliphatic hydroxyl groups is 2. The average molecular weight is 378 g/mol. The maximum Gasteiger partial charge on any atom is 0.134 e. The molecular weight excluding hydrogens is 359 g/mol. The van der Waals surface area contributed by atoms with Crippen molar-refractivity contribution in [1.29, 1.82) is 2.67 Å². The van der Waals surface area contributed by atoms with Gasteiger partial charge in [-0.1, -0.05) is 18.2 Å². The normalized spacial score (nSPS) is 11.6. The summed E-state index contributed by atoms with van der Waals surface area (Å²) in [4.78, 5) is 3.29. The second-order valence-corrected chi connectivity index (χ2v) is 7.35. The van der Waals surface area contributed by atoms with Crippen LogP contribution in [0.5, 0.6) is 0 Å². The zero-order valence-electron chi connectivity index (χ0n) is 14.5. The van der Waals surface area contributed by atoms with E-state index in [1.165, 1.54) is 16.6 Å². The summed E-state index contributed by atoms with van der Waals surface area (Å²) in [6, 6.07) is 12.4. The zero-order valence-corrected chi connectivity index (χ0v) is 15.0. The first-order valence-electron chi connectivity index (χ1n) is 8.24. The quantitative estimate of drug-likeness (QED) is 0.535. The molecule has 24 heavy (non-hydrogen) atoms. The highest BCUT2D eigenvalue weighted by Crippen LogP contribution is 2.38. The molecule has 0 atom stereocenters. The first kappa shape index (κ1) is 14.7. The van der Waals surface area contributed by atoms with Gasteiger partial charge in [-0.05, 0) is 26.3 Å². The first-order valence-corrected chi connectivity index (χ1v) is 9.51. The predicted octanol–water partition coefficient (Wildman–Crippen LogP) is 3.21. The molecule has 0 fully saturated rings. The standard InChI is InChI=1S/C15H10N2OS3.CH5BO/c18-8-9-3-6-13(20-9)11-5-4-10(12-2-1-7-19-12)14-15(11)17-21-16-14;2-1-3/h1-7,18H,8H2;3H,1-2H2/i;2T2. The molecule has 0 aliphatic rings. The minimum atomic E-state index is -1.06. The number of aliphatic hydroxyl groups excluding tert-OH is 2. The summed E-state index contributed by atoms with van der Waals surface area (Å²) in [5.74, 6) is 0. The Morgan fingerprint density at radius 3 is 2.25 bits per heavy atom. The van der Waals surface area contributed by atoms with E-state index in [4.69, 9.17) is 7.78 Å². The monoisotopic (exact) mass is 378 g/mol. The van der Waals surface area contributed by atoms with Gasteiger partial charge < -0.3 is 10.2 Å². The van der Waals surface area contributed by atoms with Crippen molar-refractivity contribution in [2.24, 2.45) is 0 Å². The molecule has 4 aromatic rings. The van der Waals surface area contributed by atoms with Crippen LogP contribution in [0.15, 0.2) is 41.8 Å². The number of hydrogen-bond donors (Lipinski definition) is 2. The van der Waals surface area contributed by atoms with E-state index in [-0.39, 0.29) is 13.1 Å².